The van der Waals surface area contributed by atoms with Crippen molar-refractivity contribution < 1.29 is 14.3 Å². The van der Waals surface area contributed by atoms with E-state index >= 15 is 0 Å². The number of nitrogens with zero attached hydrogens (tertiary/aromatic N) is 2. The summed E-state index contributed by atoms with van der Waals surface area (Å²) in [5.74, 6) is 0.405. The highest BCUT2D eigenvalue weighted by Gasteiger charge is 2.42. The second kappa shape index (κ2) is 13.0. The molecule has 3 aromatic rings. The van der Waals surface area contributed by atoms with E-state index in [2.05, 4.69) is 24.4 Å². The Morgan fingerprint density at radius 1 is 0.946 bits per heavy atom. The summed E-state index contributed by atoms with van der Waals surface area (Å²) < 4.78 is 5.61. The lowest BCUT2D eigenvalue weighted by molar-refractivity contribution is -0.131. The molecule has 7 heteroatoms. The topological polar surface area (TPSA) is 61.9 Å². The maximum atomic E-state index is 13.5. The maximum absolute atomic E-state index is 13.5. The zero-order valence-corrected chi connectivity index (χ0v) is 22.0. The Hall–Kier alpha value is -3.71. The first kappa shape index (κ1) is 26.4. The third kappa shape index (κ3) is 7.17. The Balaban J connectivity index is 1.43. The molecule has 3 aromatic carbocycles. The van der Waals surface area contributed by atoms with Gasteiger partial charge in [0.1, 0.15) is 11.8 Å². The molecule has 0 aromatic heterocycles. The fourth-order valence-electron chi connectivity index (χ4n) is 4.40. The van der Waals surface area contributed by atoms with Gasteiger partial charge in [-0.15, -0.1) is 0 Å². The van der Waals surface area contributed by atoms with Crippen LogP contribution in [0.3, 0.4) is 0 Å². The number of carbonyl (C=O) groups excluding carboxylic acids is 2. The molecule has 0 spiro atoms. The largest absolute Gasteiger partial charge is 0.494 e. The molecule has 1 saturated heterocycles. The summed E-state index contributed by atoms with van der Waals surface area (Å²) in [5.41, 5.74) is 2.90. The van der Waals surface area contributed by atoms with E-state index in [1.165, 1.54) is 5.56 Å². The average molecular weight is 516 g/mol. The van der Waals surface area contributed by atoms with Crippen molar-refractivity contribution in [2.24, 2.45) is 0 Å². The van der Waals surface area contributed by atoms with Crippen molar-refractivity contribution in [3.8, 4) is 5.75 Å². The highest BCUT2D eigenvalue weighted by atomic mass is 32.1. The van der Waals surface area contributed by atoms with Crippen molar-refractivity contribution in [2.45, 2.75) is 45.2 Å². The standard InChI is InChI=1S/C30H33N3O3S/c1-2-20-36-26-17-15-25(16-18-26)31-28(34)21-27-29(35)33(22-24-12-7-4-8-13-24)30(37)32(27)19-9-14-23-10-5-3-6-11-23/h3-8,10-13,15-18,27H,2,9,14,19-22H2,1H3,(H,31,34). The van der Waals surface area contributed by atoms with Crippen LogP contribution in [0.4, 0.5) is 5.69 Å². The molecule has 0 bridgehead atoms. The number of aryl methyl sites for hydroxylation is 1. The molecule has 192 valence electrons. The number of rotatable bonds is 12. The molecule has 0 saturated carbocycles. The van der Waals surface area contributed by atoms with Crippen LogP contribution in [0.15, 0.2) is 84.9 Å². The second-order valence-corrected chi connectivity index (χ2v) is 9.48. The third-order valence-electron chi connectivity index (χ3n) is 6.28. The maximum Gasteiger partial charge on any atom is 0.252 e. The highest BCUT2D eigenvalue weighted by Crippen LogP contribution is 2.25. The molecule has 1 aliphatic heterocycles. The van der Waals surface area contributed by atoms with E-state index in [-0.39, 0.29) is 18.2 Å². The molecule has 1 unspecified atom stereocenters. The van der Waals surface area contributed by atoms with Gasteiger partial charge in [-0.3, -0.25) is 14.5 Å². The smallest absolute Gasteiger partial charge is 0.252 e. The molecule has 1 N–H and O–H groups in total. The van der Waals surface area contributed by atoms with E-state index in [0.29, 0.717) is 30.5 Å². The average Bonchev–Trinajstić information content (AvgIpc) is 3.13. The molecule has 1 fully saturated rings. The zero-order chi connectivity index (χ0) is 26.0. The van der Waals surface area contributed by atoms with Crippen molar-refractivity contribution in [2.75, 3.05) is 18.5 Å². The summed E-state index contributed by atoms with van der Waals surface area (Å²) in [6.07, 6.45) is 2.66. The lowest BCUT2D eigenvalue weighted by atomic mass is 10.1. The van der Waals surface area contributed by atoms with Crippen molar-refractivity contribution in [1.29, 1.82) is 0 Å². The Bertz CT molecular complexity index is 1190. The van der Waals surface area contributed by atoms with Crippen LogP contribution in [0.5, 0.6) is 5.75 Å². The van der Waals surface area contributed by atoms with E-state index in [4.69, 9.17) is 17.0 Å². The van der Waals surface area contributed by atoms with E-state index in [0.717, 1.165) is 30.6 Å². The summed E-state index contributed by atoms with van der Waals surface area (Å²) in [6, 6.07) is 26.7. The summed E-state index contributed by atoms with van der Waals surface area (Å²) in [7, 11) is 0. The fourth-order valence-corrected chi connectivity index (χ4v) is 4.77. The van der Waals surface area contributed by atoms with Gasteiger partial charge in [-0.2, -0.15) is 0 Å². The van der Waals surface area contributed by atoms with Crippen molar-refractivity contribution in [3.05, 3.63) is 96.1 Å². The number of benzene rings is 3. The number of nitrogens with one attached hydrogen (secondary N) is 1. The predicted molar refractivity (Wildman–Crippen MR) is 150 cm³/mol. The third-order valence-corrected chi connectivity index (χ3v) is 6.74. The van der Waals surface area contributed by atoms with Crippen LogP contribution in [0.25, 0.3) is 0 Å². The fraction of sp³-hybridized carbons (Fsp3) is 0.300. The van der Waals surface area contributed by atoms with Gasteiger partial charge in [0.05, 0.1) is 19.6 Å². The second-order valence-electron chi connectivity index (χ2n) is 9.12. The first-order valence-corrected chi connectivity index (χ1v) is 13.2. The zero-order valence-electron chi connectivity index (χ0n) is 21.1. The van der Waals surface area contributed by atoms with Gasteiger partial charge in [0, 0.05) is 12.2 Å². The number of carbonyl (C=O) groups is 2. The van der Waals surface area contributed by atoms with Crippen molar-refractivity contribution in [1.82, 2.24) is 9.80 Å². The summed E-state index contributed by atoms with van der Waals surface area (Å²) in [5, 5.41) is 3.40. The van der Waals surface area contributed by atoms with Gasteiger partial charge in [0.25, 0.3) is 5.91 Å². The Morgan fingerprint density at radius 3 is 2.24 bits per heavy atom. The monoisotopic (exact) mass is 515 g/mol. The SMILES string of the molecule is CCCOc1ccc(NC(=O)CC2C(=O)N(Cc3ccccc3)C(=S)N2CCCc2ccccc2)cc1. The number of hydrogen-bond acceptors (Lipinski definition) is 4. The van der Waals surface area contributed by atoms with Gasteiger partial charge in [0.15, 0.2) is 5.11 Å². The van der Waals surface area contributed by atoms with Gasteiger partial charge in [-0.25, -0.2) is 0 Å². The Kier molecular flexibility index (Phi) is 9.27. The molecule has 1 aliphatic rings. The summed E-state index contributed by atoms with van der Waals surface area (Å²) in [4.78, 5) is 30.0. The lowest BCUT2D eigenvalue weighted by Gasteiger charge is -2.24. The van der Waals surface area contributed by atoms with Crippen LogP contribution in [-0.4, -0.2) is 45.9 Å². The van der Waals surface area contributed by atoms with E-state index in [9.17, 15) is 9.59 Å². The molecule has 1 heterocycles. The first-order valence-electron chi connectivity index (χ1n) is 12.8. The Morgan fingerprint density at radius 2 is 1.59 bits per heavy atom. The van der Waals surface area contributed by atoms with Crippen molar-refractivity contribution >= 4 is 34.8 Å². The molecule has 4 rings (SSSR count). The minimum atomic E-state index is -0.626. The van der Waals surface area contributed by atoms with Crippen LogP contribution in [-0.2, 0) is 22.6 Å². The molecule has 0 radical (unpaired) electrons. The molecule has 37 heavy (non-hydrogen) atoms. The molecule has 6 nitrogen and oxygen atoms in total. The van der Waals surface area contributed by atoms with Crippen LogP contribution < -0.4 is 10.1 Å². The van der Waals surface area contributed by atoms with Crippen molar-refractivity contribution in [3.63, 3.8) is 0 Å². The van der Waals surface area contributed by atoms with Gasteiger partial charge < -0.3 is 15.0 Å². The van der Waals surface area contributed by atoms with Crippen LogP contribution in [0, 0.1) is 0 Å². The minimum absolute atomic E-state index is 0.0314. The van der Waals surface area contributed by atoms with Gasteiger partial charge in [0.2, 0.25) is 5.91 Å². The van der Waals surface area contributed by atoms with Gasteiger partial charge >= 0.3 is 0 Å². The molecule has 1 atom stereocenters. The predicted octanol–water partition coefficient (Wildman–Crippen LogP) is 5.43. The number of amides is 2. The van der Waals surface area contributed by atoms with Crippen LogP contribution in [0.1, 0.15) is 37.3 Å². The first-order chi connectivity index (χ1) is 18.0. The van der Waals surface area contributed by atoms with E-state index < -0.39 is 6.04 Å². The summed E-state index contributed by atoms with van der Waals surface area (Å²) >= 11 is 5.76. The molecule has 2 amide bonds. The molecular formula is C30H33N3O3S. The van der Waals surface area contributed by atoms with E-state index in [1.54, 1.807) is 4.90 Å². The molecule has 0 aliphatic carbocycles. The number of hydrogen-bond donors (Lipinski definition) is 1. The summed E-state index contributed by atoms with van der Waals surface area (Å²) in [6.45, 7) is 3.70. The minimum Gasteiger partial charge on any atom is -0.494 e. The van der Waals surface area contributed by atoms with Crippen LogP contribution >= 0.6 is 12.2 Å². The quantitative estimate of drug-likeness (QED) is 0.326. The number of thiocarbonyl (C=S) groups is 1. The van der Waals surface area contributed by atoms with E-state index in [1.807, 2.05) is 77.7 Å². The van der Waals surface area contributed by atoms with Gasteiger partial charge in [-0.1, -0.05) is 67.6 Å². The normalized spacial score (nSPS) is 15.2. The number of ether oxygens (including phenoxy) is 1. The van der Waals surface area contributed by atoms with Crippen LogP contribution in [0.2, 0.25) is 0 Å². The van der Waals surface area contributed by atoms with Gasteiger partial charge in [-0.05, 0) is 66.9 Å². The molecular weight excluding hydrogens is 482 g/mol. The highest BCUT2D eigenvalue weighted by molar-refractivity contribution is 7.80. The Labute approximate surface area is 224 Å². The number of anilines is 1. The lowest BCUT2D eigenvalue weighted by Crippen LogP contribution is -2.38.